The molecule has 0 aliphatic rings. The zero-order valence-corrected chi connectivity index (χ0v) is 30.7. The molecule has 0 aliphatic heterocycles. The zero-order valence-electron chi connectivity index (χ0n) is 27.7. The highest BCUT2D eigenvalue weighted by molar-refractivity contribution is 6.35. The van der Waals surface area contributed by atoms with Crippen molar-refractivity contribution in [3.8, 4) is 35.2 Å². The minimum absolute atomic E-state index is 0.250. The molecular formula is C37H38Cl4N4O4. The highest BCUT2D eigenvalue weighted by Crippen LogP contribution is 2.21. The van der Waals surface area contributed by atoms with E-state index in [0.29, 0.717) is 62.7 Å². The van der Waals surface area contributed by atoms with Gasteiger partial charge in [0, 0.05) is 49.2 Å². The molecular weight excluding hydrogens is 706 g/mol. The second kappa shape index (κ2) is 22.6. The van der Waals surface area contributed by atoms with Crippen molar-refractivity contribution in [2.75, 3.05) is 40.4 Å². The highest BCUT2D eigenvalue weighted by Gasteiger charge is 2.06. The molecule has 2 heterocycles. The molecule has 4 aromatic rings. The maximum atomic E-state index is 8.36. The predicted molar refractivity (Wildman–Crippen MR) is 199 cm³/mol. The number of nitrogens with zero attached hydrogens (tertiary/aromatic N) is 3. The number of aromatic nitrogens is 2. The van der Waals surface area contributed by atoms with Gasteiger partial charge in [-0.3, -0.25) is 4.79 Å². The van der Waals surface area contributed by atoms with Gasteiger partial charge in [-0.2, -0.15) is 0 Å². The lowest BCUT2D eigenvalue weighted by molar-refractivity contribution is -0.122. The van der Waals surface area contributed by atoms with E-state index < -0.39 is 0 Å². The summed E-state index contributed by atoms with van der Waals surface area (Å²) >= 11 is 23.9. The van der Waals surface area contributed by atoms with Gasteiger partial charge in [-0.25, -0.2) is 9.97 Å². The van der Waals surface area contributed by atoms with Crippen molar-refractivity contribution >= 4 is 52.9 Å². The largest absolute Gasteiger partial charge is 0.491 e. The fraction of sp³-hybridized carbons (Fsp3) is 0.270. The quantitative estimate of drug-likeness (QED) is 0.101. The molecule has 0 radical (unpaired) electrons. The van der Waals surface area contributed by atoms with E-state index in [2.05, 4.69) is 38.5 Å². The zero-order chi connectivity index (χ0) is 36.2. The number of rotatable bonds is 9. The van der Waals surface area contributed by atoms with Crippen LogP contribution in [0.1, 0.15) is 46.7 Å². The summed E-state index contributed by atoms with van der Waals surface area (Å²) in [6, 6.07) is 18.0. The molecule has 3 N–H and O–H groups in total. The number of carboxylic acid groups (broad SMARTS) is 1. The molecule has 8 nitrogen and oxygen atoms in total. The van der Waals surface area contributed by atoms with E-state index in [1.165, 1.54) is 0 Å². The van der Waals surface area contributed by atoms with E-state index in [1.807, 2.05) is 52.2 Å². The lowest BCUT2D eigenvalue weighted by Gasteiger charge is -2.11. The fourth-order valence-corrected chi connectivity index (χ4v) is 4.90. The topological polar surface area (TPSA) is 111 Å². The standard InChI is InChI=1S/C19H20Cl2N2O.C17H16Cl2N2O.CH2O2/c1-14-5-8-19(24-10-4-9-23(2)3)18(22-14)7-6-15-11-16(20)13-17(21)12-15;1-12-3-6-17(22-8-2-7-20)16(21-12)5-4-13-9-14(18)11-15(19)10-13;2-1-3/h5,8,11-13H,4,9-10H2,1-3H3;3,6,9-11H,2,7-8,20H2,1H3;1H,(H,2,3). The maximum absolute atomic E-state index is 8.36. The van der Waals surface area contributed by atoms with E-state index in [0.717, 1.165) is 41.9 Å². The summed E-state index contributed by atoms with van der Waals surface area (Å²) < 4.78 is 11.5. The summed E-state index contributed by atoms with van der Waals surface area (Å²) in [6.45, 7) is 6.31. The van der Waals surface area contributed by atoms with Gasteiger partial charge in [-0.15, -0.1) is 0 Å². The first-order valence-corrected chi connectivity index (χ1v) is 16.5. The van der Waals surface area contributed by atoms with E-state index in [9.17, 15) is 0 Å². The maximum Gasteiger partial charge on any atom is 0.290 e. The van der Waals surface area contributed by atoms with E-state index >= 15 is 0 Å². The Hall–Kier alpha value is -3.99. The number of hydrogen-bond acceptors (Lipinski definition) is 7. The molecule has 0 saturated carbocycles. The summed E-state index contributed by atoms with van der Waals surface area (Å²) in [4.78, 5) is 19.4. The first-order valence-electron chi connectivity index (χ1n) is 15.0. The number of benzene rings is 2. The van der Waals surface area contributed by atoms with Crippen molar-refractivity contribution in [2.45, 2.75) is 26.7 Å². The van der Waals surface area contributed by atoms with Gasteiger partial charge >= 0.3 is 0 Å². The van der Waals surface area contributed by atoms with Crippen LogP contribution in [0.5, 0.6) is 11.5 Å². The molecule has 258 valence electrons. The van der Waals surface area contributed by atoms with Crippen LogP contribution in [0.2, 0.25) is 20.1 Å². The van der Waals surface area contributed by atoms with Crippen LogP contribution in [0, 0.1) is 37.5 Å². The van der Waals surface area contributed by atoms with Crippen LogP contribution in [0.4, 0.5) is 0 Å². The van der Waals surface area contributed by atoms with Crippen LogP contribution in [0.15, 0.2) is 60.7 Å². The number of pyridine rings is 2. The molecule has 2 aromatic carbocycles. The number of ether oxygens (including phenoxy) is 2. The molecule has 0 spiro atoms. The minimum atomic E-state index is -0.250. The summed E-state index contributed by atoms with van der Waals surface area (Å²) in [5, 5.41) is 9.11. The van der Waals surface area contributed by atoms with Crippen LogP contribution in [0.3, 0.4) is 0 Å². The van der Waals surface area contributed by atoms with E-state index in [4.69, 9.17) is 71.5 Å². The van der Waals surface area contributed by atoms with E-state index in [-0.39, 0.29) is 6.47 Å². The van der Waals surface area contributed by atoms with Gasteiger partial charge in [-0.1, -0.05) is 58.2 Å². The third-order valence-electron chi connectivity index (χ3n) is 5.98. The van der Waals surface area contributed by atoms with Gasteiger partial charge in [0.15, 0.2) is 22.9 Å². The van der Waals surface area contributed by atoms with Crippen molar-refractivity contribution < 1.29 is 19.4 Å². The second-order valence-electron chi connectivity index (χ2n) is 10.5. The SMILES string of the molecule is Cc1ccc(OCCCN(C)C)c(C#Cc2cc(Cl)cc(Cl)c2)n1.Cc1ccc(OCCCN)c(C#Cc2cc(Cl)cc(Cl)c2)n1.O=CO. The first kappa shape index (κ1) is 41.2. The average Bonchev–Trinajstić information content (AvgIpc) is 3.02. The molecule has 0 bridgehead atoms. The van der Waals surface area contributed by atoms with Gasteiger partial charge < -0.3 is 25.2 Å². The number of aryl methyl sites for hydroxylation is 2. The Morgan fingerprint density at radius 3 is 1.47 bits per heavy atom. The smallest absolute Gasteiger partial charge is 0.290 e. The molecule has 2 aromatic heterocycles. The lowest BCUT2D eigenvalue weighted by Crippen LogP contribution is -2.15. The Labute approximate surface area is 308 Å². The Kier molecular flexibility index (Phi) is 19.0. The monoisotopic (exact) mass is 742 g/mol. The Balaban J connectivity index is 0.000000316. The Bertz CT molecular complexity index is 1760. The Morgan fingerprint density at radius 2 is 1.10 bits per heavy atom. The third-order valence-corrected chi connectivity index (χ3v) is 6.86. The number of halogens is 4. The molecule has 0 amide bonds. The van der Waals surface area contributed by atoms with Crippen molar-refractivity contribution in [1.82, 2.24) is 14.9 Å². The average molecular weight is 745 g/mol. The highest BCUT2D eigenvalue weighted by atomic mass is 35.5. The molecule has 12 heteroatoms. The Morgan fingerprint density at radius 1 is 0.714 bits per heavy atom. The summed E-state index contributed by atoms with van der Waals surface area (Å²) in [7, 11) is 4.08. The molecule has 49 heavy (non-hydrogen) atoms. The van der Waals surface area contributed by atoms with Gasteiger partial charge in [0.25, 0.3) is 6.47 Å². The number of carbonyl (C=O) groups is 1. The fourth-order valence-electron chi connectivity index (χ4n) is 3.84. The second-order valence-corrected chi connectivity index (χ2v) is 12.3. The molecule has 0 unspecified atom stereocenters. The minimum Gasteiger partial charge on any atom is -0.491 e. The van der Waals surface area contributed by atoms with Crippen molar-refractivity contribution in [1.29, 1.82) is 0 Å². The molecule has 0 aliphatic carbocycles. The van der Waals surface area contributed by atoms with Crippen LogP contribution in [-0.4, -0.2) is 66.8 Å². The lowest BCUT2D eigenvalue weighted by atomic mass is 10.2. The van der Waals surface area contributed by atoms with Crippen LogP contribution >= 0.6 is 46.4 Å². The number of nitrogens with two attached hydrogens (primary N) is 1. The molecule has 4 rings (SSSR count). The molecule has 0 atom stereocenters. The van der Waals surface area contributed by atoms with Gasteiger partial charge in [0.2, 0.25) is 0 Å². The number of hydrogen-bond donors (Lipinski definition) is 2. The van der Waals surface area contributed by atoms with Gasteiger partial charge in [0.05, 0.1) is 13.2 Å². The summed E-state index contributed by atoms with van der Waals surface area (Å²) in [6.07, 6.45) is 1.72. The predicted octanol–water partition coefficient (Wildman–Crippen LogP) is 7.95. The molecule has 0 saturated heterocycles. The molecule has 0 fully saturated rings. The summed E-state index contributed by atoms with van der Waals surface area (Å²) in [5.74, 6) is 13.5. The van der Waals surface area contributed by atoms with Crippen LogP contribution in [-0.2, 0) is 4.79 Å². The normalized spacial score (nSPS) is 9.84. The van der Waals surface area contributed by atoms with Gasteiger partial charge in [-0.05, 0) is 120 Å². The third kappa shape index (κ3) is 16.8. The van der Waals surface area contributed by atoms with Gasteiger partial charge in [0.1, 0.15) is 0 Å². The van der Waals surface area contributed by atoms with Crippen LogP contribution < -0.4 is 15.2 Å². The van der Waals surface area contributed by atoms with E-state index in [1.54, 1.807) is 36.4 Å². The van der Waals surface area contributed by atoms with Crippen LogP contribution in [0.25, 0.3) is 0 Å². The first-order chi connectivity index (χ1) is 23.4. The van der Waals surface area contributed by atoms with Crippen molar-refractivity contribution in [2.24, 2.45) is 5.73 Å². The van der Waals surface area contributed by atoms with Crippen molar-refractivity contribution in [3.63, 3.8) is 0 Å². The summed E-state index contributed by atoms with van der Waals surface area (Å²) in [5.41, 5.74) is 9.92. The van der Waals surface area contributed by atoms with Crippen molar-refractivity contribution in [3.05, 3.63) is 115 Å².